The number of benzene rings is 1. The lowest BCUT2D eigenvalue weighted by Gasteiger charge is -2.09. The van der Waals surface area contributed by atoms with Gasteiger partial charge in [-0.3, -0.25) is 0 Å². The average molecular weight is 191 g/mol. The topological polar surface area (TPSA) is 38.3 Å². The van der Waals surface area contributed by atoms with Crippen molar-refractivity contribution in [1.29, 1.82) is 0 Å². The normalized spacial score (nSPS) is 19.1. The Morgan fingerprint density at radius 1 is 1.57 bits per heavy atom. The van der Waals surface area contributed by atoms with Crippen molar-refractivity contribution in [2.24, 2.45) is 0 Å². The van der Waals surface area contributed by atoms with Crippen LogP contribution in [0, 0.1) is 0 Å². The van der Waals surface area contributed by atoms with E-state index >= 15 is 0 Å². The van der Waals surface area contributed by atoms with E-state index < -0.39 is 0 Å². The zero-order valence-corrected chi connectivity index (χ0v) is 8.33. The predicted molar refractivity (Wildman–Crippen MR) is 53.0 cm³/mol. The van der Waals surface area contributed by atoms with E-state index in [1.54, 1.807) is 0 Å². The van der Waals surface area contributed by atoms with E-state index in [0.29, 0.717) is 5.56 Å². The Bertz CT molecular complexity index is 374. The van der Waals surface area contributed by atoms with E-state index in [4.69, 9.17) is 4.74 Å². The molecule has 1 aliphatic rings. The molecule has 2 rings (SSSR count). The first-order valence-electron chi connectivity index (χ1n) is 4.67. The van der Waals surface area contributed by atoms with E-state index in [9.17, 15) is 4.79 Å². The molecule has 0 amide bonds. The molecule has 1 aromatic carbocycles. The molecular formula is C11H13NO2. The molecule has 3 nitrogen and oxygen atoms in total. The summed E-state index contributed by atoms with van der Waals surface area (Å²) in [4.78, 5) is 11.5. The predicted octanol–water partition coefficient (Wildman–Crippen LogP) is 1.64. The lowest BCUT2D eigenvalue weighted by molar-refractivity contribution is 0.0599. The van der Waals surface area contributed by atoms with Gasteiger partial charge in [-0.15, -0.1) is 0 Å². The molecule has 0 aromatic heterocycles. The molecule has 3 heteroatoms. The highest BCUT2D eigenvalue weighted by Gasteiger charge is 2.24. The van der Waals surface area contributed by atoms with Gasteiger partial charge in [-0.05, 0) is 24.1 Å². The van der Waals surface area contributed by atoms with Crippen molar-refractivity contribution in [2.75, 3.05) is 7.11 Å². The van der Waals surface area contributed by atoms with E-state index in [0.717, 1.165) is 12.1 Å². The Labute approximate surface area is 83.1 Å². The number of nitrogens with one attached hydrogen (secondary N) is 1. The van der Waals surface area contributed by atoms with Gasteiger partial charge in [0.15, 0.2) is 0 Å². The monoisotopic (exact) mass is 191 g/mol. The first kappa shape index (κ1) is 9.21. The summed E-state index contributed by atoms with van der Waals surface area (Å²) in [7, 11) is 1.41. The second kappa shape index (κ2) is 3.42. The van der Waals surface area contributed by atoms with E-state index in [1.807, 2.05) is 18.2 Å². The summed E-state index contributed by atoms with van der Waals surface area (Å²) < 4.78 is 4.74. The largest absolute Gasteiger partial charge is 0.465 e. The van der Waals surface area contributed by atoms with Crippen molar-refractivity contribution < 1.29 is 9.53 Å². The summed E-state index contributed by atoms with van der Waals surface area (Å²) in [5, 5.41) is 3.30. The minimum atomic E-state index is -0.252. The van der Waals surface area contributed by atoms with Crippen LogP contribution in [0.25, 0.3) is 0 Å². The number of fused-ring (bicyclic) bond motifs is 1. The molecule has 14 heavy (non-hydrogen) atoms. The summed E-state index contributed by atoms with van der Waals surface area (Å²) in [6.07, 6.45) is 0. The maximum atomic E-state index is 11.5. The molecule has 0 aliphatic carbocycles. The third kappa shape index (κ3) is 1.30. The van der Waals surface area contributed by atoms with Gasteiger partial charge in [0.05, 0.1) is 12.7 Å². The molecule has 0 bridgehead atoms. The minimum absolute atomic E-state index is 0.236. The number of hydrogen-bond donors (Lipinski definition) is 1. The van der Waals surface area contributed by atoms with Gasteiger partial charge in [0.25, 0.3) is 0 Å². The van der Waals surface area contributed by atoms with Crippen LogP contribution in [0.2, 0.25) is 0 Å². The highest BCUT2D eigenvalue weighted by atomic mass is 16.5. The minimum Gasteiger partial charge on any atom is -0.465 e. The molecule has 74 valence electrons. The van der Waals surface area contributed by atoms with Gasteiger partial charge in [0.2, 0.25) is 0 Å². The van der Waals surface area contributed by atoms with Crippen molar-refractivity contribution in [3.63, 3.8) is 0 Å². The molecular weight excluding hydrogens is 178 g/mol. The Balaban J connectivity index is 2.52. The van der Waals surface area contributed by atoms with Gasteiger partial charge in [-0.2, -0.15) is 0 Å². The Morgan fingerprint density at radius 3 is 3.07 bits per heavy atom. The van der Waals surface area contributed by atoms with Gasteiger partial charge in [-0.1, -0.05) is 12.1 Å². The third-order valence-corrected chi connectivity index (χ3v) is 2.63. The van der Waals surface area contributed by atoms with Gasteiger partial charge >= 0.3 is 5.97 Å². The van der Waals surface area contributed by atoms with Crippen LogP contribution in [0.4, 0.5) is 0 Å². The summed E-state index contributed by atoms with van der Waals surface area (Å²) in [6, 6.07) is 5.98. The lowest BCUT2D eigenvalue weighted by Crippen LogP contribution is -2.11. The zero-order chi connectivity index (χ0) is 10.1. The quantitative estimate of drug-likeness (QED) is 0.686. The van der Waals surface area contributed by atoms with Crippen LogP contribution >= 0.6 is 0 Å². The van der Waals surface area contributed by atoms with Crippen LogP contribution in [0.15, 0.2) is 18.2 Å². The summed E-state index contributed by atoms with van der Waals surface area (Å²) in [5.74, 6) is -0.252. The zero-order valence-electron chi connectivity index (χ0n) is 8.33. The molecule has 0 radical (unpaired) electrons. The van der Waals surface area contributed by atoms with E-state index in [2.05, 4.69) is 12.2 Å². The summed E-state index contributed by atoms with van der Waals surface area (Å²) in [5.41, 5.74) is 2.96. The fourth-order valence-electron chi connectivity index (χ4n) is 1.93. The van der Waals surface area contributed by atoms with Crippen molar-refractivity contribution in [3.05, 3.63) is 34.9 Å². The van der Waals surface area contributed by atoms with Crippen molar-refractivity contribution in [2.45, 2.75) is 19.5 Å². The number of carbonyl (C=O) groups excluding carboxylic acids is 1. The van der Waals surface area contributed by atoms with Crippen molar-refractivity contribution in [3.8, 4) is 0 Å². The Hall–Kier alpha value is -1.35. The first-order chi connectivity index (χ1) is 6.74. The number of esters is 1. The lowest BCUT2D eigenvalue weighted by atomic mass is 9.99. The second-order valence-corrected chi connectivity index (χ2v) is 3.47. The SMILES string of the molecule is COC(=O)c1cccc2c1[C@H](C)NC2. The molecule has 0 spiro atoms. The summed E-state index contributed by atoms with van der Waals surface area (Å²) >= 11 is 0. The smallest absolute Gasteiger partial charge is 0.338 e. The van der Waals surface area contributed by atoms with Gasteiger partial charge in [0.1, 0.15) is 0 Å². The van der Waals surface area contributed by atoms with Crippen molar-refractivity contribution >= 4 is 5.97 Å². The van der Waals surface area contributed by atoms with Crippen LogP contribution < -0.4 is 5.32 Å². The second-order valence-electron chi connectivity index (χ2n) is 3.47. The molecule has 0 unspecified atom stereocenters. The fourth-order valence-corrected chi connectivity index (χ4v) is 1.93. The molecule has 1 heterocycles. The van der Waals surface area contributed by atoms with E-state index in [1.165, 1.54) is 12.7 Å². The number of ether oxygens (including phenoxy) is 1. The van der Waals surface area contributed by atoms with Crippen LogP contribution in [0.5, 0.6) is 0 Å². The third-order valence-electron chi connectivity index (χ3n) is 2.63. The fraction of sp³-hybridized carbons (Fsp3) is 0.364. The van der Waals surface area contributed by atoms with E-state index in [-0.39, 0.29) is 12.0 Å². The van der Waals surface area contributed by atoms with Crippen LogP contribution in [-0.2, 0) is 11.3 Å². The maximum Gasteiger partial charge on any atom is 0.338 e. The number of methoxy groups -OCH3 is 1. The average Bonchev–Trinajstić information content (AvgIpc) is 2.59. The molecule has 1 aromatic rings. The molecule has 0 fully saturated rings. The molecule has 1 aliphatic heterocycles. The van der Waals surface area contributed by atoms with Gasteiger partial charge in [-0.25, -0.2) is 4.79 Å². The highest BCUT2D eigenvalue weighted by Crippen LogP contribution is 2.28. The number of hydrogen-bond acceptors (Lipinski definition) is 3. The number of carbonyl (C=O) groups is 1. The standard InChI is InChI=1S/C11H13NO2/c1-7-10-8(6-12-7)4-3-5-9(10)11(13)14-2/h3-5,7,12H,6H2,1-2H3/t7-/m0/s1. The molecule has 1 atom stereocenters. The molecule has 1 N–H and O–H groups in total. The Morgan fingerprint density at radius 2 is 2.36 bits per heavy atom. The van der Waals surface area contributed by atoms with Crippen molar-refractivity contribution in [1.82, 2.24) is 5.32 Å². The van der Waals surface area contributed by atoms with Crippen LogP contribution in [-0.4, -0.2) is 13.1 Å². The first-order valence-corrected chi connectivity index (χ1v) is 4.67. The summed E-state index contributed by atoms with van der Waals surface area (Å²) in [6.45, 7) is 2.89. The molecule has 0 saturated carbocycles. The van der Waals surface area contributed by atoms with Crippen LogP contribution in [0.3, 0.4) is 0 Å². The van der Waals surface area contributed by atoms with Gasteiger partial charge < -0.3 is 10.1 Å². The van der Waals surface area contributed by atoms with Gasteiger partial charge in [0, 0.05) is 12.6 Å². The maximum absolute atomic E-state index is 11.5. The Kier molecular flexibility index (Phi) is 2.25. The molecule has 0 saturated heterocycles. The number of rotatable bonds is 1. The van der Waals surface area contributed by atoms with Crippen LogP contribution in [0.1, 0.15) is 34.5 Å². The highest BCUT2D eigenvalue weighted by molar-refractivity contribution is 5.91.